The lowest BCUT2D eigenvalue weighted by Crippen LogP contribution is -2.00. The van der Waals surface area contributed by atoms with E-state index in [0.717, 1.165) is 26.5 Å². The van der Waals surface area contributed by atoms with Gasteiger partial charge in [-0.2, -0.15) is 10.2 Å². The molecule has 0 aliphatic carbocycles. The Morgan fingerprint density at radius 2 is 1.24 bits per heavy atom. The minimum absolute atomic E-state index is 0.0503. The number of rotatable bonds is 6. The van der Waals surface area contributed by atoms with E-state index in [2.05, 4.69) is 47.0 Å². The molecule has 0 bridgehead atoms. The fourth-order valence-corrected chi connectivity index (χ4v) is 4.14. The molecule has 3 N–H and O–H groups in total. The zero-order chi connectivity index (χ0) is 23.7. The summed E-state index contributed by atoms with van der Waals surface area (Å²) in [4.78, 5) is 9.04. The van der Waals surface area contributed by atoms with E-state index in [4.69, 9.17) is 0 Å². The van der Waals surface area contributed by atoms with Crippen molar-refractivity contribution in [3.63, 3.8) is 0 Å². The van der Waals surface area contributed by atoms with Gasteiger partial charge in [0.25, 0.3) is 0 Å². The van der Waals surface area contributed by atoms with Gasteiger partial charge in [0.1, 0.15) is 5.75 Å². The van der Waals surface area contributed by atoms with Crippen molar-refractivity contribution in [2.45, 2.75) is 0 Å². The van der Waals surface area contributed by atoms with Gasteiger partial charge in [-0.05, 0) is 36.4 Å². The average molecular weight is 517 g/mol. The molecule has 0 amide bonds. The lowest BCUT2D eigenvalue weighted by atomic mass is 10.1. The molecule has 3 aromatic carbocycles. The lowest BCUT2D eigenvalue weighted by Gasteiger charge is -2.06. The molecule has 0 fully saturated rings. The molecule has 0 radical (unpaired) electrons. The Labute approximate surface area is 203 Å². The van der Waals surface area contributed by atoms with E-state index in [0.29, 0.717) is 23.0 Å². The van der Waals surface area contributed by atoms with E-state index in [1.807, 2.05) is 71.8 Å². The largest absolute Gasteiger partial charge is 0.507 e. The number of hydrogen-bond acceptors (Lipinski definition) is 7. The third-order valence-electron chi connectivity index (χ3n) is 5.44. The molecule has 170 valence electrons. The topological polar surface area (TPSA) is 105 Å². The Morgan fingerprint density at radius 1 is 0.794 bits per heavy atom. The molecular formula is C24H21BrN8O. The summed E-state index contributed by atoms with van der Waals surface area (Å²) >= 11 is 3.48. The third kappa shape index (κ3) is 4.11. The Bertz CT molecular complexity index is 1450. The van der Waals surface area contributed by atoms with Gasteiger partial charge in [-0.25, -0.2) is 20.8 Å². The number of phenolic OH excluding ortho intramolecular Hbond substituents is 1. The van der Waals surface area contributed by atoms with Gasteiger partial charge in [0.05, 0.1) is 34.5 Å². The molecule has 5 rings (SSSR count). The fraction of sp³-hybridized carbons (Fsp3) is 0.0833. The van der Waals surface area contributed by atoms with Crippen LogP contribution in [0.1, 0.15) is 11.1 Å². The van der Waals surface area contributed by atoms with Gasteiger partial charge in [-0.1, -0.05) is 40.2 Å². The highest BCUT2D eigenvalue weighted by Crippen LogP contribution is 2.26. The summed E-state index contributed by atoms with van der Waals surface area (Å²) in [6.07, 6.45) is 3.07. The molecule has 0 aliphatic heterocycles. The van der Waals surface area contributed by atoms with Gasteiger partial charge < -0.3 is 14.2 Å². The van der Waals surface area contributed by atoms with Crippen molar-refractivity contribution in [1.29, 1.82) is 0 Å². The van der Waals surface area contributed by atoms with Gasteiger partial charge in [-0.3, -0.25) is 0 Å². The molecule has 0 saturated carbocycles. The van der Waals surface area contributed by atoms with Crippen molar-refractivity contribution >= 4 is 62.3 Å². The molecule has 10 heteroatoms. The number of nitrogens with zero attached hydrogens (tertiary/aromatic N) is 6. The van der Waals surface area contributed by atoms with Crippen LogP contribution in [-0.2, 0) is 14.1 Å². The summed E-state index contributed by atoms with van der Waals surface area (Å²) in [5.74, 6) is 1.25. The SMILES string of the molecule is Cn1c(N/N=C/c2cc(Br)cc(/C=N/Nc3nc4ccccc4n3C)c2O)nc2ccccc21. The Balaban J connectivity index is 1.34. The molecule has 0 unspecified atom stereocenters. The van der Waals surface area contributed by atoms with Crippen LogP contribution in [0.5, 0.6) is 5.75 Å². The molecule has 2 heterocycles. The second-order valence-electron chi connectivity index (χ2n) is 7.64. The Morgan fingerprint density at radius 3 is 1.68 bits per heavy atom. The molecule has 2 aromatic heterocycles. The number of halogens is 1. The number of para-hydroxylation sites is 4. The standard InChI is InChI=1S/C24H21BrN8O/c1-32-20-9-5-3-7-18(20)28-23(32)30-26-13-15-11-17(25)12-16(22(15)34)14-27-31-24-29-19-8-4-6-10-21(19)33(24)2/h3-14,34H,1-2H3,(H,28,30)(H,29,31)/b26-13+,27-14+. The normalized spacial score (nSPS) is 11.9. The number of aromatic hydroxyl groups is 1. The first-order valence-electron chi connectivity index (χ1n) is 10.4. The zero-order valence-electron chi connectivity index (χ0n) is 18.4. The maximum absolute atomic E-state index is 10.7. The number of nitrogens with one attached hydrogen (secondary N) is 2. The molecular weight excluding hydrogens is 496 g/mol. The summed E-state index contributed by atoms with van der Waals surface area (Å²) in [5, 5.41) is 19.3. The van der Waals surface area contributed by atoms with Gasteiger partial charge >= 0.3 is 0 Å². The van der Waals surface area contributed by atoms with Crippen molar-refractivity contribution in [2.24, 2.45) is 24.3 Å². The van der Waals surface area contributed by atoms with Gasteiger partial charge in [0.15, 0.2) is 0 Å². The van der Waals surface area contributed by atoms with Gasteiger partial charge in [-0.15, -0.1) is 0 Å². The molecule has 0 atom stereocenters. The van der Waals surface area contributed by atoms with Gasteiger partial charge in [0, 0.05) is 29.7 Å². The van der Waals surface area contributed by atoms with Crippen LogP contribution in [0.3, 0.4) is 0 Å². The number of hydrazone groups is 2. The minimum Gasteiger partial charge on any atom is -0.507 e. The average Bonchev–Trinajstić information content (AvgIpc) is 3.33. The van der Waals surface area contributed by atoms with Crippen LogP contribution in [0.2, 0.25) is 0 Å². The van der Waals surface area contributed by atoms with Crippen LogP contribution in [0.15, 0.2) is 75.3 Å². The van der Waals surface area contributed by atoms with Crippen molar-refractivity contribution in [2.75, 3.05) is 10.9 Å². The number of hydrogen-bond donors (Lipinski definition) is 3. The van der Waals surface area contributed by atoms with E-state index in [1.165, 1.54) is 12.4 Å². The van der Waals surface area contributed by atoms with E-state index in [-0.39, 0.29) is 5.75 Å². The highest BCUT2D eigenvalue weighted by atomic mass is 79.9. The maximum Gasteiger partial charge on any atom is 0.224 e. The number of aromatic nitrogens is 4. The second-order valence-corrected chi connectivity index (χ2v) is 8.55. The number of aryl methyl sites for hydroxylation is 2. The van der Waals surface area contributed by atoms with E-state index in [1.54, 1.807) is 12.1 Å². The number of anilines is 2. The van der Waals surface area contributed by atoms with Crippen LogP contribution < -0.4 is 10.9 Å². The predicted molar refractivity (Wildman–Crippen MR) is 140 cm³/mol. The molecule has 0 aliphatic rings. The summed E-state index contributed by atoms with van der Waals surface area (Å²) < 4.78 is 4.61. The Kier molecular flexibility index (Phi) is 5.72. The van der Waals surface area contributed by atoms with Crippen LogP contribution in [0, 0.1) is 0 Å². The third-order valence-corrected chi connectivity index (χ3v) is 5.90. The monoisotopic (exact) mass is 516 g/mol. The fourth-order valence-electron chi connectivity index (χ4n) is 3.65. The van der Waals surface area contributed by atoms with Crippen molar-refractivity contribution in [3.05, 3.63) is 76.3 Å². The smallest absolute Gasteiger partial charge is 0.224 e. The molecule has 0 saturated heterocycles. The minimum atomic E-state index is 0.0503. The first-order chi connectivity index (χ1) is 16.5. The predicted octanol–water partition coefficient (Wildman–Crippen LogP) is 4.82. The van der Waals surface area contributed by atoms with Crippen molar-refractivity contribution in [1.82, 2.24) is 19.1 Å². The summed E-state index contributed by atoms with van der Waals surface area (Å²) in [7, 11) is 3.83. The quantitative estimate of drug-likeness (QED) is 0.221. The number of fused-ring (bicyclic) bond motifs is 2. The highest BCUT2D eigenvalue weighted by molar-refractivity contribution is 9.10. The van der Waals surface area contributed by atoms with E-state index < -0.39 is 0 Å². The zero-order valence-corrected chi connectivity index (χ0v) is 20.0. The molecule has 9 nitrogen and oxygen atoms in total. The second kappa shape index (κ2) is 8.99. The first-order valence-corrected chi connectivity index (χ1v) is 11.2. The molecule has 0 spiro atoms. The van der Waals surface area contributed by atoms with Crippen LogP contribution >= 0.6 is 15.9 Å². The summed E-state index contributed by atoms with van der Waals surface area (Å²) in [6.45, 7) is 0. The van der Waals surface area contributed by atoms with Crippen LogP contribution in [-0.4, -0.2) is 36.6 Å². The summed E-state index contributed by atoms with van der Waals surface area (Å²) in [6, 6.07) is 19.2. The van der Waals surface area contributed by atoms with Crippen molar-refractivity contribution in [3.8, 4) is 5.75 Å². The number of imidazole rings is 2. The van der Waals surface area contributed by atoms with Crippen LogP contribution in [0.25, 0.3) is 22.1 Å². The molecule has 5 aromatic rings. The van der Waals surface area contributed by atoms with Gasteiger partial charge in [0.2, 0.25) is 11.9 Å². The number of benzene rings is 3. The van der Waals surface area contributed by atoms with E-state index >= 15 is 0 Å². The first kappa shape index (κ1) is 21.7. The lowest BCUT2D eigenvalue weighted by molar-refractivity contribution is 0.473. The highest BCUT2D eigenvalue weighted by Gasteiger charge is 2.09. The number of phenols is 1. The molecule has 34 heavy (non-hydrogen) atoms. The van der Waals surface area contributed by atoms with Crippen LogP contribution in [0.4, 0.5) is 11.9 Å². The Hall–Kier alpha value is -4.18. The summed E-state index contributed by atoms with van der Waals surface area (Å²) in [5.41, 5.74) is 10.7. The van der Waals surface area contributed by atoms with Crippen molar-refractivity contribution < 1.29 is 5.11 Å². The van der Waals surface area contributed by atoms with E-state index in [9.17, 15) is 5.11 Å². The maximum atomic E-state index is 10.7.